The zero-order valence-corrected chi connectivity index (χ0v) is 18.4. The molecule has 0 aliphatic carbocycles. The zero-order valence-electron chi connectivity index (χ0n) is 17.6. The number of hydrogen-bond donors (Lipinski definition) is 1. The van der Waals surface area contributed by atoms with E-state index in [0.717, 1.165) is 17.7 Å². The first-order chi connectivity index (χ1) is 14.5. The Hall–Kier alpha value is -2.80. The van der Waals surface area contributed by atoms with Crippen LogP contribution in [0.5, 0.6) is 5.75 Å². The van der Waals surface area contributed by atoms with Gasteiger partial charge in [0.15, 0.2) is 5.16 Å². The Morgan fingerprint density at radius 2 is 1.90 bits per heavy atom. The Bertz CT molecular complexity index is 1060. The number of benzene rings is 2. The van der Waals surface area contributed by atoms with Crippen molar-refractivity contribution in [1.29, 1.82) is 0 Å². The van der Waals surface area contributed by atoms with Gasteiger partial charge in [0, 0.05) is 6.54 Å². The molecule has 0 unspecified atom stereocenters. The van der Waals surface area contributed by atoms with Crippen molar-refractivity contribution in [3.63, 3.8) is 0 Å². The number of thioether (sulfide) groups is 1. The van der Waals surface area contributed by atoms with Gasteiger partial charge in [-0.2, -0.15) is 0 Å². The Morgan fingerprint density at radius 1 is 1.17 bits per heavy atom. The number of nitrogens with one attached hydrogen (secondary N) is 1. The van der Waals surface area contributed by atoms with E-state index in [-0.39, 0.29) is 17.2 Å². The Labute approximate surface area is 180 Å². The molecule has 6 nitrogen and oxygen atoms in total. The predicted molar refractivity (Wildman–Crippen MR) is 121 cm³/mol. The highest BCUT2D eigenvalue weighted by Gasteiger charge is 2.14. The number of nitrogens with zero attached hydrogens (tertiary/aromatic N) is 2. The van der Waals surface area contributed by atoms with Crippen LogP contribution in [0.3, 0.4) is 0 Å². The second-order valence-electron chi connectivity index (χ2n) is 7.47. The SMILES string of the molecule is COc1ccc(Cn2c(SCC(=O)NCCC(C)C)nc3ccccc3c2=O)cc1. The number of aromatic nitrogens is 2. The van der Waals surface area contributed by atoms with E-state index >= 15 is 0 Å². The van der Waals surface area contributed by atoms with Gasteiger partial charge < -0.3 is 10.1 Å². The van der Waals surface area contributed by atoms with Gasteiger partial charge in [-0.1, -0.05) is 49.9 Å². The van der Waals surface area contributed by atoms with Gasteiger partial charge in [0.2, 0.25) is 5.91 Å². The number of ether oxygens (including phenoxy) is 1. The van der Waals surface area contributed by atoms with E-state index in [9.17, 15) is 9.59 Å². The summed E-state index contributed by atoms with van der Waals surface area (Å²) in [6.07, 6.45) is 0.937. The number of methoxy groups -OCH3 is 1. The van der Waals surface area contributed by atoms with Gasteiger partial charge in [-0.15, -0.1) is 0 Å². The van der Waals surface area contributed by atoms with E-state index in [0.29, 0.717) is 35.1 Å². The molecule has 3 aromatic rings. The van der Waals surface area contributed by atoms with Crippen molar-refractivity contribution in [2.75, 3.05) is 19.4 Å². The number of fused-ring (bicyclic) bond motifs is 1. The van der Waals surface area contributed by atoms with E-state index < -0.39 is 0 Å². The highest BCUT2D eigenvalue weighted by atomic mass is 32.2. The van der Waals surface area contributed by atoms with Gasteiger partial charge in [-0.3, -0.25) is 14.2 Å². The molecule has 1 aromatic heterocycles. The monoisotopic (exact) mass is 425 g/mol. The molecule has 0 atom stereocenters. The fourth-order valence-corrected chi connectivity index (χ4v) is 3.82. The lowest BCUT2D eigenvalue weighted by Gasteiger charge is -2.14. The summed E-state index contributed by atoms with van der Waals surface area (Å²) >= 11 is 1.29. The third kappa shape index (κ3) is 5.63. The van der Waals surface area contributed by atoms with Crippen LogP contribution in [0.2, 0.25) is 0 Å². The molecule has 0 aliphatic heterocycles. The molecule has 1 amide bonds. The molecule has 0 fully saturated rings. The summed E-state index contributed by atoms with van der Waals surface area (Å²) in [7, 11) is 1.62. The van der Waals surface area contributed by atoms with Crippen LogP contribution in [0.1, 0.15) is 25.8 Å². The largest absolute Gasteiger partial charge is 0.497 e. The summed E-state index contributed by atoms with van der Waals surface area (Å²) in [6, 6.07) is 14.9. The number of para-hydroxylation sites is 1. The first-order valence-corrected chi connectivity index (χ1v) is 11.0. The molecule has 1 N–H and O–H groups in total. The van der Waals surface area contributed by atoms with Crippen LogP contribution in [0.25, 0.3) is 10.9 Å². The lowest BCUT2D eigenvalue weighted by atomic mass is 10.1. The maximum Gasteiger partial charge on any atom is 0.262 e. The molecule has 3 rings (SSSR count). The molecule has 0 saturated carbocycles. The van der Waals surface area contributed by atoms with Crippen LogP contribution in [0, 0.1) is 5.92 Å². The topological polar surface area (TPSA) is 73.2 Å². The minimum absolute atomic E-state index is 0.0564. The van der Waals surface area contributed by atoms with Crippen molar-refractivity contribution in [3.05, 3.63) is 64.4 Å². The summed E-state index contributed by atoms with van der Waals surface area (Å²) in [5.41, 5.74) is 1.48. The minimum Gasteiger partial charge on any atom is -0.497 e. The second kappa shape index (κ2) is 10.3. The average Bonchev–Trinajstić information content (AvgIpc) is 2.74. The fraction of sp³-hybridized carbons (Fsp3) is 0.348. The number of amides is 1. The molecule has 0 aliphatic rings. The number of hydrogen-bond acceptors (Lipinski definition) is 5. The van der Waals surface area contributed by atoms with Gasteiger partial charge in [0.25, 0.3) is 5.56 Å². The van der Waals surface area contributed by atoms with Crippen molar-refractivity contribution in [3.8, 4) is 5.75 Å². The third-order valence-corrected chi connectivity index (χ3v) is 5.68. The standard InChI is InChI=1S/C23H27N3O3S/c1-16(2)12-13-24-21(27)15-30-23-25-20-7-5-4-6-19(20)22(28)26(23)14-17-8-10-18(29-3)11-9-17/h4-11,16H,12-15H2,1-3H3,(H,24,27). The molecular weight excluding hydrogens is 398 g/mol. The maximum atomic E-state index is 13.2. The zero-order chi connectivity index (χ0) is 21.5. The highest BCUT2D eigenvalue weighted by Crippen LogP contribution is 2.20. The van der Waals surface area contributed by atoms with Gasteiger partial charge in [-0.25, -0.2) is 4.98 Å². The summed E-state index contributed by atoms with van der Waals surface area (Å²) in [6.45, 7) is 5.27. The first-order valence-electron chi connectivity index (χ1n) is 10.00. The molecule has 0 spiro atoms. The molecule has 30 heavy (non-hydrogen) atoms. The molecule has 0 radical (unpaired) electrons. The van der Waals surface area contributed by atoms with Crippen molar-refractivity contribution in [1.82, 2.24) is 14.9 Å². The molecule has 158 valence electrons. The first kappa shape index (κ1) is 21.9. The fourth-order valence-electron chi connectivity index (χ4n) is 2.99. The molecular formula is C23H27N3O3S. The van der Waals surface area contributed by atoms with Gasteiger partial charge >= 0.3 is 0 Å². The number of rotatable bonds is 9. The van der Waals surface area contributed by atoms with Crippen LogP contribution in [0.15, 0.2) is 58.5 Å². The van der Waals surface area contributed by atoms with Crippen LogP contribution in [-0.2, 0) is 11.3 Å². The van der Waals surface area contributed by atoms with Crippen molar-refractivity contribution >= 4 is 28.6 Å². The summed E-state index contributed by atoms with van der Waals surface area (Å²) in [5, 5.41) is 4.03. The van der Waals surface area contributed by atoms with Gasteiger partial charge in [0.05, 0.1) is 30.3 Å². The third-order valence-electron chi connectivity index (χ3n) is 4.70. The van der Waals surface area contributed by atoms with Crippen LogP contribution >= 0.6 is 11.8 Å². The molecule has 1 heterocycles. The molecule has 7 heteroatoms. The Kier molecular flexibility index (Phi) is 7.52. The summed E-state index contributed by atoms with van der Waals surface area (Å²) < 4.78 is 6.84. The van der Waals surface area contributed by atoms with E-state index in [1.807, 2.05) is 42.5 Å². The Balaban J connectivity index is 1.84. The lowest BCUT2D eigenvalue weighted by molar-refractivity contribution is -0.118. The second-order valence-corrected chi connectivity index (χ2v) is 8.41. The van der Waals surface area contributed by atoms with E-state index in [4.69, 9.17) is 4.74 Å². The van der Waals surface area contributed by atoms with Crippen LogP contribution in [-0.4, -0.2) is 34.9 Å². The normalized spacial score (nSPS) is 11.1. The number of carbonyl (C=O) groups is 1. The van der Waals surface area contributed by atoms with Gasteiger partial charge in [0.1, 0.15) is 5.75 Å². The van der Waals surface area contributed by atoms with Crippen molar-refractivity contribution in [2.45, 2.75) is 32.0 Å². The van der Waals surface area contributed by atoms with E-state index in [2.05, 4.69) is 24.1 Å². The molecule has 0 bridgehead atoms. The summed E-state index contributed by atoms with van der Waals surface area (Å²) in [5.74, 6) is 1.45. The predicted octanol–water partition coefficient (Wildman–Crippen LogP) is 3.71. The van der Waals surface area contributed by atoms with Crippen molar-refractivity contribution < 1.29 is 9.53 Å². The molecule has 2 aromatic carbocycles. The van der Waals surface area contributed by atoms with Crippen LogP contribution in [0.4, 0.5) is 0 Å². The number of carbonyl (C=O) groups excluding carboxylic acids is 1. The van der Waals surface area contributed by atoms with Crippen molar-refractivity contribution in [2.24, 2.45) is 5.92 Å². The summed E-state index contributed by atoms with van der Waals surface area (Å²) in [4.78, 5) is 30.0. The maximum absolute atomic E-state index is 13.2. The average molecular weight is 426 g/mol. The minimum atomic E-state index is -0.112. The van der Waals surface area contributed by atoms with Gasteiger partial charge in [-0.05, 0) is 42.2 Å². The van der Waals surface area contributed by atoms with Crippen LogP contribution < -0.4 is 15.6 Å². The smallest absolute Gasteiger partial charge is 0.262 e. The van der Waals surface area contributed by atoms with E-state index in [1.165, 1.54) is 11.8 Å². The highest BCUT2D eigenvalue weighted by molar-refractivity contribution is 7.99. The Morgan fingerprint density at radius 3 is 2.60 bits per heavy atom. The lowest BCUT2D eigenvalue weighted by Crippen LogP contribution is -2.28. The quantitative estimate of drug-likeness (QED) is 0.418. The van der Waals surface area contributed by atoms with E-state index in [1.54, 1.807) is 17.7 Å². The molecule has 0 saturated heterocycles.